The van der Waals surface area contributed by atoms with Crippen LogP contribution in [0.2, 0.25) is 0 Å². The summed E-state index contributed by atoms with van der Waals surface area (Å²) in [7, 11) is 1.62. The first kappa shape index (κ1) is 34.9. The van der Waals surface area contributed by atoms with Gasteiger partial charge < -0.3 is 20.7 Å². The van der Waals surface area contributed by atoms with E-state index in [1.54, 1.807) is 49.6 Å². The number of nitrogens with one attached hydrogen (secondary N) is 3. The van der Waals surface area contributed by atoms with Gasteiger partial charge in [-0.2, -0.15) is 0 Å². The fraction of sp³-hybridized carbons (Fsp3) is 0.0732. The second kappa shape index (κ2) is 16.6. The van der Waals surface area contributed by atoms with E-state index in [-0.39, 0.29) is 11.6 Å². The number of aromatic nitrogens is 1. The van der Waals surface area contributed by atoms with Gasteiger partial charge in [0.1, 0.15) is 16.7 Å². The Hall–Kier alpha value is -5.97. The van der Waals surface area contributed by atoms with Crippen LogP contribution >= 0.6 is 23.1 Å². The van der Waals surface area contributed by atoms with E-state index in [2.05, 4.69) is 20.9 Å². The van der Waals surface area contributed by atoms with Crippen molar-refractivity contribution in [2.75, 3.05) is 17.7 Å². The zero-order chi connectivity index (χ0) is 35.6. The highest BCUT2D eigenvalue weighted by Crippen LogP contribution is 2.37. The van der Waals surface area contributed by atoms with E-state index in [9.17, 15) is 14.4 Å². The van der Waals surface area contributed by atoms with E-state index in [0.717, 1.165) is 38.6 Å². The van der Waals surface area contributed by atoms with Crippen molar-refractivity contribution in [3.8, 4) is 17.0 Å². The summed E-state index contributed by atoms with van der Waals surface area (Å²) in [5.41, 5.74) is 5.36. The molecule has 0 fully saturated rings. The van der Waals surface area contributed by atoms with Crippen molar-refractivity contribution in [1.29, 1.82) is 0 Å². The smallest absolute Gasteiger partial charge is 0.272 e. The summed E-state index contributed by atoms with van der Waals surface area (Å²) in [6.45, 7) is 1.94. The van der Waals surface area contributed by atoms with E-state index >= 15 is 0 Å². The average molecular weight is 711 g/mol. The van der Waals surface area contributed by atoms with Crippen molar-refractivity contribution in [2.45, 2.75) is 17.1 Å². The van der Waals surface area contributed by atoms with E-state index < -0.39 is 17.1 Å². The summed E-state index contributed by atoms with van der Waals surface area (Å²) in [5.74, 6) is -0.314. The fourth-order valence-corrected chi connectivity index (χ4v) is 6.84. The lowest BCUT2D eigenvalue weighted by Crippen LogP contribution is -2.30. The van der Waals surface area contributed by atoms with Crippen LogP contribution in [0.1, 0.15) is 32.3 Å². The maximum Gasteiger partial charge on any atom is 0.272 e. The first-order valence-electron chi connectivity index (χ1n) is 16.0. The molecule has 0 aliphatic carbocycles. The number of amides is 3. The molecule has 6 aromatic rings. The van der Waals surface area contributed by atoms with Crippen LogP contribution in [0.5, 0.6) is 5.75 Å². The van der Waals surface area contributed by atoms with E-state index in [1.165, 1.54) is 23.1 Å². The highest BCUT2D eigenvalue weighted by atomic mass is 32.2. The number of carbonyl (C=O) groups is 3. The number of benzene rings is 5. The molecule has 1 unspecified atom stereocenters. The highest BCUT2D eigenvalue weighted by molar-refractivity contribution is 8.00. The van der Waals surface area contributed by atoms with Crippen molar-refractivity contribution in [3.05, 3.63) is 167 Å². The Kier molecular flexibility index (Phi) is 11.4. The van der Waals surface area contributed by atoms with Gasteiger partial charge in [0.2, 0.25) is 5.91 Å². The lowest BCUT2D eigenvalue weighted by molar-refractivity contribution is -0.116. The summed E-state index contributed by atoms with van der Waals surface area (Å²) in [5, 5.41) is 10.5. The minimum atomic E-state index is -0.572. The summed E-state index contributed by atoms with van der Waals surface area (Å²) in [4.78, 5) is 45.8. The molecular formula is C41H34N4O4S2. The number of hydrogen-bond acceptors (Lipinski definition) is 7. The van der Waals surface area contributed by atoms with E-state index in [1.807, 2.05) is 109 Å². The maximum absolute atomic E-state index is 13.7. The Bertz CT molecular complexity index is 2150. The quantitative estimate of drug-likeness (QED) is 0.0864. The van der Waals surface area contributed by atoms with Gasteiger partial charge in [0, 0.05) is 27.1 Å². The van der Waals surface area contributed by atoms with Crippen LogP contribution in [0.15, 0.2) is 149 Å². The number of thioether (sulfide) groups is 1. The van der Waals surface area contributed by atoms with Crippen LogP contribution in [0.3, 0.4) is 0 Å². The number of ether oxygens (including phenoxy) is 1. The predicted octanol–water partition coefficient (Wildman–Crippen LogP) is 9.01. The number of aryl methyl sites for hydroxylation is 1. The molecule has 1 heterocycles. The largest absolute Gasteiger partial charge is 0.497 e. The number of thiazole rings is 1. The fourth-order valence-electron chi connectivity index (χ4n) is 5.10. The molecule has 0 spiro atoms. The van der Waals surface area contributed by atoms with E-state index in [0.29, 0.717) is 16.4 Å². The molecule has 6 rings (SSSR count). The SMILES string of the molecule is COc1ccc(-c2csc(NC(=O)C(Sc3ccc(NC(=O)/C(=C/c4ccccc4C)NC(=O)c4ccccc4)cc3)c3ccccc3)n2)cc1. The summed E-state index contributed by atoms with van der Waals surface area (Å²) in [6, 6.07) is 40.7. The van der Waals surface area contributed by atoms with Crippen molar-refractivity contribution >= 4 is 57.7 Å². The topological polar surface area (TPSA) is 109 Å². The maximum atomic E-state index is 13.7. The van der Waals surface area contributed by atoms with Crippen molar-refractivity contribution in [3.63, 3.8) is 0 Å². The molecule has 0 aliphatic heterocycles. The molecule has 3 amide bonds. The van der Waals surface area contributed by atoms with Gasteiger partial charge in [-0.3, -0.25) is 14.4 Å². The van der Waals surface area contributed by atoms with Gasteiger partial charge in [-0.15, -0.1) is 23.1 Å². The van der Waals surface area contributed by atoms with Crippen LogP contribution < -0.4 is 20.7 Å². The van der Waals surface area contributed by atoms with Crippen molar-refractivity contribution in [2.24, 2.45) is 0 Å². The van der Waals surface area contributed by atoms with Gasteiger partial charge in [0.05, 0.1) is 12.8 Å². The Labute approximate surface area is 304 Å². The standard InChI is InChI=1S/C41H34N4O4S2/c1-27-11-9-10-16-31(27)25-35(43-38(46)30-14-7-4-8-15-30)39(47)42-32-19-23-34(24-20-32)51-37(29-12-5-3-6-13-29)40(48)45-41-44-36(26-50-41)28-17-21-33(49-2)22-18-28/h3-26,37H,1-2H3,(H,42,47)(H,43,46)(H,44,45,48)/b35-25-. The van der Waals surface area contributed by atoms with Gasteiger partial charge in [0.15, 0.2) is 5.13 Å². The van der Waals surface area contributed by atoms with Crippen LogP contribution in [0.25, 0.3) is 17.3 Å². The van der Waals surface area contributed by atoms with Crippen LogP contribution in [-0.4, -0.2) is 29.8 Å². The Morgan fingerprint density at radius 1 is 0.784 bits per heavy atom. The third-order valence-corrected chi connectivity index (χ3v) is 9.87. The van der Waals surface area contributed by atoms with Crippen molar-refractivity contribution in [1.82, 2.24) is 10.3 Å². The molecule has 10 heteroatoms. The zero-order valence-corrected chi connectivity index (χ0v) is 29.5. The van der Waals surface area contributed by atoms with Gasteiger partial charge in [-0.25, -0.2) is 4.98 Å². The number of rotatable bonds is 12. The lowest BCUT2D eigenvalue weighted by atomic mass is 10.1. The first-order chi connectivity index (χ1) is 24.9. The molecule has 8 nitrogen and oxygen atoms in total. The number of anilines is 2. The van der Waals surface area contributed by atoms with Crippen LogP contribution in [0, 0.1) is 6.92 Å². The molecule has 254 valence electrons. The third-order valence-electron chi connectivity index (χ3n) is 7.84. The second-order valence-electron chi connectivity index (χ2n) is 11.4. The molecule has 1 aromatic heterocycles. The monoisotopic (exact) mass is 710 g/mol. The van der Waals surface area contributed by atoms with Gasteiger partial charge in [-0.05, 0) is 90.4 Å². The minimum Gasteiger partial charge on any atom is -0.497 e. The summed E-state index contributed by atoms with van der Waals surface area (Å²) in [6.07, 6.45) is 1.67. The van der Waals surface area contributed by atoms with Gasteiger partial charge >= 0.3 is 0 Å². The van der Waals surface area contributed by atoms with Gasteiger partial charge in [0.25, 0.3) is 11.8 Å². The molecule has 51 heavy (non-hydrogen) atoms. The average Bonchev–Trinajstić information content (AvgIpc) is 3.64. The number of carbonyl (C=O) groups excluding carboxylic acids is 3. The van der Waals surface area contributed by atoms with Crippen LogP contribution in [0.4, 0.5) is 10.8 Å². The Morgan fingerprint density at radius 2 is 1.45 bits per heavy atom. The molecule has 3 N–H and O–H groups in total. The number of nitrogens with zero attached hydrogens (tertiary/aromatic N) is 1. The molecule has 5 aromatic carbocycles. The molecule has 0 saturated carbocycles. The highest BCUT2D eigenvalue weighted by Gasteiger charge is 2.24. The van der Waals surface area contributed by atoms with Crippen LogP contribution in [-0.2, 0) is 9.59 Å². The predicted molar refractivity (Wildman–Crippen MR) is 206 cm³/mol. The molecule has 0 saturated heterocycles. The molecule has 0 radical (unpaired) electrons. The van der Waals surface area contributed by atoms with E-state index in [4.69, 9.17) is 4.74 Å². The zero-order valence-electron chi connectivity index (χ0n) is 27.8. The second-order valence-corrected chi connectivity index (χ2v) is 13.4. The van der Waals surface area contributed by atoms with Gasteiger partial charge in [-0.1, -0.05) is 72.8 Å². The number of hydrogen-bond donors (Lipinski definition) is 3. The summed E-state index contributed by atoms with van der Waals surface area (Å²) < 4.78 is 5.25. The minimum absolute atomic E-state index is 0.106. The molecular weight excluding hydrogens is 677 g/mol. The first-order valence-corrected chi connectivity index (χ1v) is 17.8. The normalized spacial score (nSPS) is 11.7. The number of methoxy groups -OCH3 is 1. The van der Waals surface area contributed by atoms with Crippen molar-refractivity contribution < 1.29 is 19.1 Å². The summed E-state index contributed by atoms with van der Waals surface area (Å²) >= 11 is 2.75. The Balaban J connectivity index is 1.16. The molecule has 0 bridgehead atoms. The molecule has 1 atom stereocenters. The molecule has 0 aliphatic rings. The third kappa shape index (κ3) is 9.18. The lowest BCUT2D eigenvalue weighted by Gasteiger charge is -2.17. The Morgan fingerprint density at radius 3 is 2.14 bits per heavy atom.